The Morgan fingerprint density at radius 1 is 0.591 bits per heavy atom. The lowest BCUT2D eigenvalue weighted by molar-refractivity contribution is 0.0133. The van der Waals surface area contributed by atoms with Crippen molar-refractivity contribution in [2.45, 2.75) is 81.4 Å². The van der Waals surface area contributed by atoms with Crippen LogP contribution in [0.25, 0.3) is 0 Å². The van der Waals surface area contributed by atoms with E-state index in [-0.39, 0.29) is 0 Å². The van der Waals surface area contributed by atoms with Gasteiger partial charge in [-0.2, -0.15) is 0 Å². The summed E-state index contributed by atoms with van der Waals surface area (Å²) in [4.78, 5) is 0. The Hall–Kier alpha value is 0.100. The molecule has 0 aromatic rings. The van der Waals surface area contributed by atoms with Crippen LogP contribution < -0.4 is 0 Å². The maximum Gasteiger partial charge on any atom is 0.348 e. The first-order chi connectivity index (χ1) is 10.7. The van der Waals surface area contributed by atoms with E-state index in [1.54, 1.807) is 0 Å². The van der Waals surface area contributed by atoms with Crippen LogP contribution in [-0.2, 0) is 4.57 Å². The highest BCUT2D eigenvalue weighted by atomic mass is 31.1. The zero-order chi connectivity index (χ0) is 14.5. The van der Waals surface area contributed by atoms with Crippen LogP contribution in [-0.4, -0.2) is 10.8 Å². The van der Waals surface area contributed by atoms with E-state index in [1.165, 1.54) is 70.6 Å². The van der Waals surface area contributed by atoms with Gasteiger partial charge in [0.2, 0.25) is 0 Å². The predicted molar refractivity (Wildman–Crippen MR) is 89.3 cm³/mol. The molecule has 2 heteroatoms. The van der Waals surface area contributed by atoms with E-state index in [2.05, 4.69) is 0 Å². The SMILES string of the molecule is O=[P+](C1C2CC3CC(C2)CC1C3)C12CC3CC(CC(C3)C1)C2. The molecule has 0 aromatic heterocycles. The number of hydrogen-bond acceptors (Lipinski definition) is 1. The standard InChI is InChI=1S/C20H30OP/c21-22(19-17-5-12-1-13(7-17)8-18(19)6-12)20-9-14-2-15(10-20)4-16(3-14)11-20/h12-19H,1-11H2/q+1. The lowest BCUT2D eigenvalue weighted by Crippen LogP contribution is -2.53. The molecule has 8 rings (SSSR count). The Kier molecular flexibility index (Phi) is 2.67. The smallest absolute Gasteiger partial charge is 0.0738 e. The van der Waals surface area contributed by atoms with Crippen molar-refractivity contribution in [2.75, 3.05) is 0 Å². The predicted octanol–water partition coefficient (Wildman–Crippen LogP) is 5.61. The van der Waals surface area contributed by atoms with Crippen molar-refractivity contribution < 1.29 is 4.57 Å². The van der Waals surface area contributed by atoms with E-state index in [0.717, 1.165) is 41.4 Å². The van der Waals surface area contributed by atoms with E-state index in [0.29, 0.717) is 10.8 Å². The van der Waals surface area contributed by atoms with Crippen LogP contribution in [0.2, 0.25) is 0 Å². The molecule has 0 aliphatic heterocycles. The lowest BCUT2D eigenvalue weighted by atomic mass is 9.55. The zero-order valence-electron chi connectivity index (χ0n) is 13.8. The fraction of sp³-hybridized carbons (Fsp3) is 1.00. The first kappa shape index (κ1) is 13.4. The van der Waals surface area contributed by atoms with Gasteiger partial charge in [0.15, 0.2) is 10.8 Å². The Morgan fingerprint density at radius 3 is 1.45 bits per heavy atom. The van der Waals surface area contributed by atoms with Gasteiger partial charge in [-0.3, -0.25) is 0 Å². The van der Waals surface area contributed by atoms with Crippen LogP contribution in [0.15, 0.2) is 0 Å². The Balaban J connectivity index is 1.33. The summed E-state index contributed by atoms with van der Waals surface area (Å²) in [5.41, 5.74) is 0.652. The van der Waals surface area contributed by atoms with Crippen LogP contribution in [0.4, 0.5) is 0 Å². The van der Waals surface area contributed by atoms with Gasteiger partial charge in [-0.05, 0) is 100 Å². The molecule has 1 atom stereocenters. The third kappa shape index (κ3) is 1.73. The van der Waals surface area contributed by atoms with Crippen LogP contribution >= 0.6 is 7.80 Å². The first-order valence-corrected chi connectivity index (χ1v) is 11.5. The summed E-state index contributed by atoms with van der Waals surface area (Å²) in [7, 11) is -0.955. The van der Waals surface area contributed by atoms with Gasteiger partial charge >= 0.3 is 7.80 Å². The molecule has 0 N–H and O–H groups in total. The molecule has 0 saturated heterocycles. The average Bonchev–Trinajstić information content (AvgIpc) is 2.44. The molecular weight excluding hydrogens is 287 g/mol. The van der Waals surface area contributed by atoms with Crippen LogP contribution in [0.3, 0.4) is 0 Å². The molecular formula is C20H30OP+. The van der Waals surface area contributed by atoms with Crippen molar-refractivity contribution in [3.63, 3.8) is 0 Å². The van der Waals surface area contributed by atoms with E-state index in [9.17, 15) is 4.57 Å². The van der Waals surface area contributed by atoms with Gasteiger partial charge in [0.1, 0.15) is 0 Å². The molecule has 1 unspecified atom stereocenters. The minimum atomic E-state index is -0.955. The Labute approximate surface area is 135 Å². The van der Waals surface area contributed by atoms with Gasteiger partial charge in [0.25, 0.3) is 0 Å². The first-order valence-electron chi connectivity index (χ1n) is 10.1. The monoisotopic (exact) mass is 317 g/mol. The van der Waals surface area contributed by atoms with E-state index < -0.39 is 7.80 Å². The van der Waals surface area contributed by atoms with Crippen molar-refractivity contribution >= 4 is 7.80 Å². The zero-order valence-corrected chi connectivity index (χ0v) is 14.6. The molecule has 0 aromatic carbocycles. The molecule has 0 heterocycles. The van der Waals surface area contributed by atoms with Crippen molar-refractivity contribution in [3.8, 4) is 0 Å². The highest BCUT2D eigenvalue weighted by molar-refractivity contribution is 7.47. The highest BCUT2D eigenvalue weighted by Crippen LogP contribution is 2.70. The normalized spacial score (nSPS) is 61.7. The fourth-order valence-electron chi connectivity index (χ4n) is 8.93. The molecule has 0 radical (unpaired) electrons. The maximum absolute atomic E-state index is 13.9. The van der Waals surface area contributed by atoms with Crippen LogP contribution in [0.1, 0.15) is 70.6 Å². The van der Waals surface area contributed by atoms with Gasteiger partial charge < -0.3 is 0 Å². The van der Waals surface area contributed by atoms with Crippen molar-refractivity contribution in [1.29, 1.82) is 0 Å². The Bertz CT molecular complexity index is 461. The summed E-state index contributed by atoms with van der Waals surface area (Å²) >= 11 is 0. The van der Waals surface area contributed by atoms with Gasteiger partial charge in [-0.25, -0.2) is 0 Å². The molecule has 0 amide bonds. The average molecular weight is 317 g/mol. The second kappa shape index (κ2) is 4.38. The van der Waals surface area contributed by atoms with Crippen molar-refractivity contribution in [2.24, 2.45) is 41.4 Å². The third-order valence-electron chi connectivity index (χ3n) is 8.92. The van der Waals surface area contributed by atoms with E-state index in [1.807, 2.05) is 0 Å². The summed E-state index contributed by atoms with van der Waals surface area (Å²) in [6.07, 6.45) is 15.9. The molecule has 0 spiro atoms. The molecule has 22 heavy (non-hydrogen) atoms. The minimum absolute atomic E-state index is 0.324. The van der Waals surface area contributed by atoms with Gasteiger partial charge in [0.05, 0.1) is 0 Å². The Morgan fingerprint density at radius 2 is 1.00 bits per heavy atom. The number of rotatable bonds is 2. The molecule has 8 fully saturated rings. The van der Waals surface area contributed by atoms with E-state index >= 15 is 0 Å². The summed E-state index contributed by atoms with van der Waals surface area (Å²) in [6, 6.07) is 0. The fourth-order valence-corrected chi connectivity index (χ4v) is 12.1. The topological polar surface area (TPSA) is 17.1 Å². The van der Waals surface area contributed by atoms with Gasteiger partial charge in [-0.1, -0.05) is 4.57 Å². The molecule has 8 aliphatic carbocycles. The molecule has 8 bridgehead atoms. The maximum atomic E-state index is 13.9. The van der Waals surface area contributed by atoms with Crippen molar-refractivity contribution in [1.82, 2.24) is 0 Å². The summed E-state index contributed by atoms with van der Waals surface area (Å²) in [6.45, 7) is 0. The second-order valence-electron chi connectivity index (χ2n) is 10.4. The number of hydrogen-bond donors (Lipinski definition) is 0. The molecule has 120 valence electrons. The molecule has 8 saturated carbocycles. The molecule has 1 nitrogen and oxygen atoms in total. The summed E-state index contributed by atoms with van der Waals surface area (Å²) < 4.78 is 13.9. The lowest BCUT2D eigenvalue weighted by Gasteiger charge is -2.55. The molecule has 8 aliphatic rings. The highest BCUT2D eigenvalue weighted by Gasteiger charge is 2.66. The van der Waals surface area contributed by atoms with Gasteiger partial charge in [0, 0.05) is 11.8 Å². The van der Waals surface area contributed by atoms with Gasteiger partial charge in [-0.15, -0.1) is 0 Å². The van der Waals surface area contributed by atoms with Crippen molar-refractivity contribution in [3.05, 3.63) is 0 Å². The second-order valence-corrected chi connectivity index (χ2v) is 12.6. The third-order valence-corrected chi connectivity index (χ3v) is 11.8. The van der Waals surface area contributed by atoms with Crippen LogP contribution in [0, 0.1) is 41.4 Å². The van der Waals surface area contributed by atoms with E-state index in [4.69, 9.17) is 0 Å². The largest absolute Gasteiger partial charge is 0.348 e. The summed E-state index contributed by atoms with van der Waals surface area (Å²) in [5, 5.41) is 0.324. The quantitative estimate of drug-likeness (QED) is 0.605. The van der Waals surface area contributed by atoms with Crippen LogP contribution in [0.5, 0.6) is 0 Å². The summed E-state index contributed by atoms with van der Waals surface area (Å²) in [5.74, 6) is 6.67. The minimum Gasteiger partial charge on any atom is -0.0738 e.